The van der Waals surface area contributed by atoms with Gasteiger partial charge in [0.1, 0.15) is 17.3 Å². The molecule has 6 heteroatoms. The summed E-state index contributed by atoms with van der Waals surface area (Å²) in [5.41, 5.74) is 0.415. The van der Waals surface area contributed by atoms with Gasteiger partial charge in [-0.2, -0.15) is 5.26 Å². The van der Waals surface area contributed by atoms with Crippen LogP contribution in [0.3, 0.4) is 0 Å². The molecule has 20 heavy (non-hydrogen) atoms. The molecule has 0 spiro atoms. The number of benzene rings is 1. The van der Waals surface area contributed by atoms with E-state index in [1.165, 1.54) is 6.07 Å². The number of hydrogen-bond donors (Lipinski definition) is 1. The third-order valence-corrected chi connectivity index (χ3v) is 3.91. The first kappa shape index (κ1) is 14.3. The number of nitrogens with zero attached hydrogens (tertiary/aromatic N) is 3. The van der Waals surface area contributed by atoms with E-state index in [0.29, 0.717) is 11.7 Å². The van der Waals surface area contributed by atoms with Gasteiger partial charge in [-0.25, -0.2) is 0 Å². The molecule has 1 aromatic carbocycles. The van der Waals surface area contributed by atoms with Crippen molar-refractivity contribution in [3.8, 4) is 6.07 Å². The van der Waals surface area contributed by atoms with Gasteiger partial charge < -0.3 is 10.2 Å². The molecule has 2 atom stereocenters. The van der Waals surface area contributed by atoms with Crippen molar-refractivity contribution in [2.75, 3.05) is 18.9 Å². The number of likely N-dealkylation sites (tertiary alicyclic amines) is 1. The molecule has 0 radical (unpaired) electrons. The zero-order valence-corrected chi connectivity index (χ0v) is 11.7. The molecule has 0 aromatic heterocycles. The van der Waals surface area contributed by atoms with Crippen molar-refractivity contribution in [2.24, 2.45) is 0 Å². The van der Waals surface area contributed by atoms with Gasteiger partial charge in [0.25, 0.3) is 0 Å². The summed E-state index contributed by atoms with van der Waals surface area (Å²) in [6.07, 6.45) is 1.87. The number of hydrogen-bond acceptors (Lipinski definition) is 5. The summed E-state index contributed by atoms with van der Waals surface area (Å²) in [5, 5.41) is 23.4. The van der Waals surface area contributed by atoms with E-state index in [-0.39, 0.29) is 17.3 Å². The van der Waals surface area contributed by atoms with Crippen LogP contribution < -0.4 is 5.32 Å². The lowest BCUT2D eigenvalue weighted by molar-refractivity contribution is -0.384. The fraction of sp³-hybridized carbons (Fsp3) is 0.500. The van der Waals surface area contributed by atoms with Gasteiger partial charge in [-0.1, -0.05) is 6.07 Å². The summed E-state index contributed by atoms with van der Waals surface area (Å²) >= 11 is 0. The van der Waals surface area contributed by atoms with Gasteiger partial charge in [0.15, 0.2) is 0 Å². The van der Waals surface area contributed by atoms with E-state index in [4.69, 9.17) is 5.26 Å². The quantitative estimate of drug-likeness (QED) is 0.676. The third-order valence-electron chi connectivity index (χ3n) is 3.91. The maximum absolute atomic E-state index is 11.2. The Kier molecular flexibility index (Phi) is 4.20. The predicted octanol–water partition coefficient (Wildman–Crippen LogP) is 2.36. The lowest BCUT2D eigenvalue weighted by atomic mass is 9.98. The average Bonchev–Trinajstić information content (AvgIpc) is 2.42. The number of nitro benzene ring substituents is 1. The number of nitriles is 1. The Hall–Kier alpha value is -2.13. The Morgan fingerprint density at radius 2 is 2.30 bits per heavy atom. The van der Waals surface area contributed by atoms with Gasteiger partial charge in [-0.15, -0.1) is 0 Å². The topological polar surface area (TPSA) is 82.2 Å². The molecule has 1 N–H and O–H groups in total. The number of para-hydroxylation sites is 1. The SMILES string of the molecule is CC1CC(Nc2cccc(C#N)c2[N+](=O)[O-])CCN1C. The fourth-order valence-electron chi connectivity index (χ4n) is 2.59. The molecule has 2 unspecified atom stereocenters. The largest absolute Gasteiger partial charge is 0.377 e. The van der Waals surface area contributed by atoms with Crippen LogP contribution in [0.2, 0.25) is 0 Å². The molecule has 1 aliphatic heterocycles. The molecule has 1 fully saturated rings. The van der Waals surface area contributed by atoms with Crippen LogP contribution >= 0.6 is 0 Å². The standard InChI is InChI=1S/C14H18N4O2/c1-10-8-12(6-7-17(10)2)16-13-5-3-4-11(9-15)14(13)18(19)20/h3-5,10,12,16H,6-8H2,1-2H3. The van der Waals surface area contributed by atoms with E-state index in [2.05, 4.69) is 24.2 Å². The van der Waals surface area contributed by atoms with E-state index >= 15 is 0 Å². The molecule has 2 rings (SSSR count). The van der Waals surface area contributed by atoms with Crippen molar-refractivity contribution in [3.05, 3.63) is 33.9 Å². The minimum absolute atomic E-state index is 0.0981. The van der Waals surface area contributed by atoms with Gasteiger partial charge >= 0.3 is 5.69 Å². The van der Waals surface area contributed by atoms with E-state index in [1.54, 1.807) is 12.1 Å². The second-order valence-corrected chi connectivity index (χ2v) is 5.27. The summed E-state index contributed by atoms with van der Waals surface area (Å²) in [5.74, 6) is 0. The van der Waals surface area contributed by atoms with Gasteiger partial charge in [0.05, 0.1) is 4.92 Å². The predicted molar refractivity (Wildman–Crippen MR) is 76.5 cm³/mol. The van der Waals surface area contributed by atoms with Crippen LogP contribution in [0.1, 0.15) is 25.3 Å². The van der Waals surface area contributed by atoms with E-state index in [9.17, 15) is 10.1 Å². The molecule has 1 aromatic rings. The Balaban J connectivity index is 2.22. The van der Waals surface area contributed by atoms with Crippen LogP contribution in [0.15, 0.2) is 18.2 Å². The molecule has 1 aliphatic rings. The lowest BCUT2D eigenvalue weighted by Gasteiger charge is -2.35. The number of anilines is 1. The normalized spacial score (nSPS) is 23.1. The summed E-state index contributed by atoms with van der Waals surface area (Å²) in [6.45, 7) is 3.11. The molecule has 1 saturated heterocycles. The highest BCUT2D eigenvalue weighted by Gasteiger charge is 2.26. The third kappa shape index (κ3) is 2.89. The first-order valence-electron chi connectivity index (χ1n) is 6.67. The van der Waals surface area contributed by atoms with Crippen LogP contribution in [-0.2, 0) is 0 Å². The highest BCUT2D eigenvalue weighted by molar-refractivity contribution is 5.68. The monoisotopic (exact) mass is 274 g/mol. The Labute approximate surface area is 118 Å². The minimum atomic E-state index is -0.487. The zero-order chi connectivity index (χ0) is 14.7. The number of nitro groups is 1. The molecule has 0 saturated carbocycles. The second kappa shape index (κ2) is 5.88. The van der Waals surface area contributed by atoms with E-state index < -0.39 is 4.92 Å². The van der Waals surface area contributed by atoms with Gasteiger partial charge in [0, 0.05) is 18.6 Å². The number of nitrogens with one attached hydrogen (secondary N) is 1. The summed E-state index contributed by atoms with van der Waals surface area (Å²) in [4.78, 5) is 13.0. The Bertz CT molecular complexity index is 553. The van der Waals surface area contributed by atoms with Crippen molar-refractivity contribution >= 4 is 11.4 Å². The molecular formula is C14H18N4O2. The average molecular weight is 274 g/mol. The number of rotatable bonds is 3. The number of piperidine rings is 1. The van der Waals surface area contributed by atoms with Crippen molar-refractivity contribution in [1.82, 2.24) is 4.90 Å². The summed E-state index contributed by atoms with van der Waals surface area (Å²) in [7, 11) is 2.08. The van der Waals surface area contributed by atoms with Crippen LogP contribution in [0.25, 0.3) is 0 Å². The molecule has 1 heterocycles. The van der Waals surface area contributed by atoms with Crippen molar-refractivity contribution < 1.29 is 4.92 Å². The Morgan fingerprint density at radius 3 is 2.90 bits per heavy atom. The van der Waals surface area contributed by atoms with Crippen LogP contribution in [0.5, 0.6) is 0 Å². The van der Waals surface area contributed by atoms with E-state index in [0.717, 1.165) is 19.4 Å². The maximum atomic E-state index is 11.2. The van der Waals surface area contributed by atoms with Crippen molar-refractivity contribution in [3.63, 3.8) is 0 Å². The smallest absolute Gasteiger partial charge is 0.309 e. The van der Waals surface area contributed by atoms with Crippen LogP contribution in [0, 0.1) is 21.4 Å². The molecule has 0 aliphatic carbocycles. The van der Waals surface area contributed by atoms with Gasteiger partial charge in [-0.05, 0) is 38.9 Å². The molecule has 6 nitrogen and oxygen atoms in total. The summed E-state index contributed by atoms with van der Waals surface area (Å²) in [6, 6.07) is 7.34. The highest BCUT2D eigenvalue weighted by Crippen LogP contribution is 2.30. The van der Waals surface area contributed by atoms with Gasteiger partial charge in [-0.3, -0.25) is 10.1 Å². The minimum Gasteiger partial charge on any atom is -0.377 e. The fourth-order valence-corrected chi connectivity index (χ4v) is 2.59. The Morgan fingerprint density at radius 1 is 1.55 bits per heavy atom. The highest BCUT2D eigenvalue weighted by atomic mass is 16.6. The molecular weight excluding hydrogens is 256 g/mol. The second-order valence-electron chi connectivity index (χ2n) is 5.27. The maximum Gasteiger partial charge on any atom is 0.309 e. The zero-order valence-electron chi connectivity index (χ0n) is 11.7. The van der Waals surface area contributed by atoms with Crippen LogP contribution in [-0.4, -0.2) is 35.5 Å². The van der Waals surface area contributed by atoms with Gasteiger partial charge in [0.2, 0.25) is 0 Å². The molecule has 0 amide bonds. The summed E-state index contributed by atoms with van der Waals surface area (Å²) < 4.78 is 0. The van der Waals surface area contributed by atoms with Crippen LogP contribution in [0.4, 0.5) is 11.4 Å². The molecule has 0 bridgehead atoms. The van der Waals surface area contributed by atoms with Crippen molar-refractivity contribution in [1.29, 1.82) is 5.26 Å². The van der Waals surface area contributed by atoms with E-state index in [1.807, 2.05) is 6.07 Å². The van der Waals surface area contributed by atoms with Crippen molar-refractivity contribution in [2.45, 2.75) is 31.8 Å². The first-order chi connectivity index (χ1) is 9.52. The lowest BCUT2D eigenvalue weighted by Crippen LogP contribution is -2.42. The molecule has 106 valence electrons. The first-order valence-corrected chi connectivity index (χ1v) is 6.67.